The highest BCUT2D eigenvalue weighted by atomic mass is 32.1. The maximum Gasteiger partial charge on any atom is 0.345 e. The summed E-state index contributed by atoms with van der Waals surface area (Å²) in [5.41, 5.74) is 1.55. The number of thiophene rings is 1. The number of rotatable bonds is 4. The number of halogens is 1. The van der Waals surface area contributed by atoms with Gasteiger partial charge in [0.2, 0.25) is 0 Å². The van der Waals surface area contributed by atoms with E-state index in [0.29, 0.717) is 16.2 Å². The number of carboxylic acids is 1. The van der Waals surface area contributed by atoms with E-state index >= 15 is 0 Å². The molecule has 0 bridgehead atoms. The van der Waals surface area contributed by atoms with Crippen LogP contribution in [0.3, 0.4) is 0 Å². The number of hydrogen-bond acceptors (Lipinski definition) is 3. The van der Waals surface area contributed by atoms with Crippen molar-refractivity contribution in [2.75, 3.05) is 0 Å². The predicted octanol–water partition coefficient (Wildman–Crippen LogP) is 3.78. The first kappa shape index (κ1) is 13.5. The lowest BCUT2D eigenvalue weighted by molar-refractivity contribution is 0.0702. The third-order valence-corrected chi connectivity index (χ3v) is 3.83. The fourth-order valence-corrected chi connectivity index (χ4v) is 2.57. The van der Waals surface area contributed by atoms with E-state index in [-0.39, 0.29) is 12.4 Å². The first-order chi connectivity index (χ1) is 8.97. The van der Waals surface area contributed by atoms with Crippen molar-refractivity contribution in [2.45, 2.75) is 20.5 Å². The van der Waals surface area contributed by atoms with Gasteiger partial charge >= 0.3 is 5.97 Å². The van der Waals surface area contributed by atoms with Gasteiger partial charge in [0.25, 0.3) is 0 Å². The van der Waals surface area contributed by atoms with E-state index < -0.39 is 5.97 Å². The number of aryl methyl sites for hydroxylation is 2. The molecule has 19 heavy (non-hydrogen) atoms. The van der Waals surface area contributed by atoms with Gasteiger partial charge in [-0.3, -0.25) is 0 Å². The molecule has 0 fully saturated rings. The fourth-order valence-electron chi connectivity index (χ4n) is 1.70. The van der Waals surface area contributed by atoms with Crippen LogP contribution >= 0.6 is 11.3 Å². The standard InChI is InChI=1S/C14H13FO3S/c1-8-5-11(15)3-4-12(8)18-7-10-6-13(14(16)17)19-9(10)2/h3-6H,7H2,1-2H3,(H,16,17). The lowest BCUT2D eigenvalue weighted by Crippen LogP contribution is -1.98. The Morgan fingerprint density at radius 1 is 1.37 bits per heavy atom. The van der Waals surface area contributed by atoms with Gasteiger partial charge in [0, 0.05) is 10.4 Å². The molecular formula is C14H13FO3S. The lowest BCUT2D eigenvalue weighted by Gasteiger charge is -2.08. The molecule has 0 radical (unpaired) electrons. The minimum Gasteiger partial charge on any atom is -0.489 e. The zero-order valence-corrected chi connectivity index (χ0v) is 11.4. The van der Waals surface area contributed by atoms with Gasteiger partial charge in [0.05, 0.1) is 0 Å². The predicted molar refractivity (Wildman–Crippen MR) is 71.5 cm³/mol. The molecule has 1 aromatic heterocycles. The highest BCUT2D eigenvalue weighted by Crippen LogP contribution is 2.25. The summed E-state index contributed by atoms with van der Waals surface area (Å²) in [6, 6.07) is 5.93. The molecule has 0 atom stereocenters. The molecule has 0 saturated carbocycles. The first-order valence-corrected chi connectivity index (χ1v) is 6.50. The van der Waals surface area contributed by atoms with Crippen molar-refractivity contribution < 1.29 is 19.0 Å². The van der Waals surface area contributed by atoms with E-state index in [0.717, 1.165) is 10.4 Å². The van der Waals surface area contributed by atoms with Gasteiger partial charge in [-0.05, 0) is 43.7 Å². The Morgan fingerprint density at radius 3 is 2.68 bits per heavy atom. The summed E-state index contributed by atoms with van der Waals surface area (Å²) in [6.07, 6.45) is 0. The molecule has 0 aliphatic heterocycles. The summed E-state index contributed by atoms with van der Waals surface area (Å²) in [6.45, 7) is 3.90. The normalized spacial score (nSPS) is 10.5. The van der Waals surface area contributed by atoms with Crippen molar-refractivity contribution in [1.82, 2.24) is 0 Å². The number of ether oxygens (including phenoxy) is 1. The number of benzene rings is 1. The van der Waals surface area contributed by atoms with Crippen molar-refractivity contribution in [1.29, 1.82) is 0 Å². The zero-order chi connectivity index (χ0) is 14.0. The molecule has 0 unspecified atom stereocenters. The van der Waals surface area contributed by atoms with E-state index in [1.807, 2.05) is 6.92 Å². The molecule has 2 rings (SSSR count). The van der Waals surface area contributed by atoms with E-state index in [1.54, 1.807) is 19.1 Å². The van der Waals surface area contributed by atoms with Gasteiger partial charge in [-0.2, -0.15) is 0 Å². The van der Waals surface area contributed by atoms with Crippen molar-refractivity contribution in [3.63, 3.8) is 0 Å². The molecule has 0 aliphatic carbocycles. The van der Waals surface area contributed by atoms with Crippen LogP contribution in [-0.4, -0.2) is 11.1 Å². The summed E-state index contributed by atoms with van der Waals surface area (Å²) in [4.78, 5) is 12.1. The molecule has 1 aromatic carbocycles. The third-order valence-electron chi connectivity index (χ3n) is 2.75. The van der Waals surface area contributed by atoms with E-state index in [4.69, 9.17) is 9.84 Å². The topological polar surface area (TPSA) is 46.5 Å². The summed E-state index contributed by atoms with van der Waals surface area (Å²) in [7, 11) is 0. The Kier molecular flexibility index (Phi) is 3.85. The summed E-state index contributed by atoms with van der Waals surface area (Å²) >= 11 is 1.22. The van der Waals surface area contributed by atoms with Gasteiger partial charge in [-0.25, -0.2) is 9.18 Å². The van der Waals surface area contributed by atoms with Crippen LogP contribution in [0.2, 0.25) is 0 Å². The van der Waals surface area contributed by atoms with Crippen LogP contribution in [0.25, 0.3) is 0 Å². The van der Waals surface area contributed by atoms with Crippen LogP contribution < -0.4 is 4.74 Å². The Bertz CT molecular complexity index is 619. The monoisotopic (exact) mass is 280 g/mol. The molecular weight excluding hydrogens is 267 g/mol. The molecule has 0 saturated heterocycles. The van der Waals surface area contributed by atoms with Crippen LogP contribution in [-0.2, 0) is 6.61 Å². The van der Waals surface area contributed by atoms with Crippen LogP contribution in [0, 0.1) is 19.7 Å². The quantitative estimate of drug-likeness (QED) is 0.927. The number of hydrogen-bond donors (Lipinski definition) is 1. The van der Waals surface area contributed by atoms with Crippen molar-refractivity contribution in [2.24, 2.45) is 0 Å². The Labute approximate surface area is 114 Å². The molecule has 1 N–H and O–H groups in total. The van der Waals surface area contributed by atoms with Crippen molar-refractivity contribution in [3.05, 3.63) is 51.0 Å². The molecule has 100 valence electrons. The smallest absolute Gasteiger partial charge is 0.345 e. The maximum atomic E-state index is 12.9. The van der Waals surface area contributed by atoms with Crippen molar-refractivity contribution >= 4 is 17.3 Å². The van der Waals surface area contributed by atoms with Gasteiger partial charge < -0.3 is 9.84 Å². The Balaban J connectivity index is 2.12. The third kappa shape index (κ3) is 3.12. The Hall–Kier alpha value is -1.88. The highest BCUT2D eigenvalue weighted by molar-refractivity contribution is 7.14. The molecule has 1 heterocycles. The second-order valence-corrected chi connectivity index (χ2v) is 5.45. The van der Waals surface area contributed by atoms with Crippen LogP contribution in [0.5, 0.6) is 5.75 Å². The van der Waals surface area contributed by atoms with Crippen LogP contribution in [0.15, 0.2) is 24.3 Å². The summed E-state index contributed by atoms with van der Waals surface area (Å²) in [5.74, 6) is -0.633. The minimum atomic E-state index is -0.933. The average molecular weight is 280 g/mol. The average Bonchev–Trinajstić information content (AvgIpc) is 2.70. The maximum absolute atomic E-state index is 12.9. The van der Waals surface area contributed by atoms with E-state index in [9.17, 15) is 9.18 Å². The zero-order valence-electron chi connectivity index (χ0n) is 10.6. The van der Waals surface area contributed by atoms with E-state index in [1.165, 1.54) is 23.5 Å². The van der Waals surface area contributed by atoms with Gasteiger partial charge in [0.1, 0.15) is 23.1 Å². The second kappa shape index (κ2) is 5.40. The SMILES string of the molecule is Cc1cc(F)ccc1OCc1cc(C(=O)O)sc1C. The van der Waals surface area contributed by atoms with Gasteiger partial charge in [-0.15, -0.1) is 11.3 Å². The first-order valence-electron chi connectivity index (χ1n) is 5.69. The number of carbonyl (C=O) groups is 1. The molecule has 0 spiro atoms. The molecule has 5 heteroatoms. The summed E-state index contributed by atoms with van der Waals surface area (Å²) < 4.78 is 18.5. The fraction of sp³-hybridized carbons (Fsp3) is 0.214. The number of aromatic carboxylic acids is 1. The minimum absolute atomic E-state index is 0.280. The molecule has 2 aromatic rings. The van der Waals surface area contributed by atoms with Crippen LogP contribution in [0.1, 0.15) is 25.7 Å². The molecule has 3 nitrogen and oxygen atoms in total. The highest BCUT2D eigenvalue weighted by Gasteiger charge is 2.11. The van der Waals surface area contributed by atoms with Crippen molar-refractivity contribution in [3.8, 4) is 5.75 Å². The summed E-state index contributed by atoms with van der Waals surface area (Å²) in [5, 5.41) is 8.91. The molecule has 0 amide bonds. The van der Waals surface area contributed by atoms with Crippen LogP contribution in [0.4, 0.5) is 4.39 Å². The largest absolute Gasteiger partial charge is 0.489 e. The van der Waals surface area contributed by atoms with Gasteiger partial charge in [-0.1, -0.05) is 0 Å². The van der Waals surface area contributed by atoms with Gasteiger partial charge in [0.15, 0.2) is 0 Å². The Morgan fingerprint density at radius 2 is 2.11 bits per heavy atom. The van der Waals surface area contributed by atoms with E-state index in [2.05, 4.69) is 0 Å². The lowest BCUT2D eigenvalue weighted by atomic mass is 10.2. The molecule has 0 aliphatic rings. The number of carboxylic acid groups (broad SMARTS) is 1. The second-order valence-electron chi connectivity index (χ2n) is 4.20.